The van der Waals surface area contributed by atoms with Crippen LogP contribution < -0.4 is 16.6 Å². The van der Waals surface area contributed by atoms with Crippen molar-refractivity contribution in [2.24, 2.45) is 5.73 Å². The van der Waals surface area contributed by atoms with E-state index >= 15 is 0 Å². The minimum absolute atomic E-state index is 0.124. The predicted octanol–water partition coefficient (Wildman–Crippen LogP) is 2.35. The second-order valence-corrected chi connectivity index (χ2v) is 8.01. The molecule has 0 aliphatic heterocycles. The molecule has 0 spiro atoms. The fraction of sp³-hybridized carbons (Fsp3) is 0.261. The van der Waals surface area contributed by atoms with Crippen LogP contribution in [0.5, 0.6) is 0 Å². The maximum Gasteiger partial charge on any atom is 0.308 e. The number of rotatable bonds is 8. The first-order valence-corrected chi connectivity index (χ1v) is 10.6. The number of fused-ring (bicyclic) bond motifs is 1. The maximum absolute atomic E-state index is 12.9. The lowest BCUT2D eigenvalue weighted by molar-refractivity contribution is -0.148. The molecule has 3 rings (SSSR count). The Kier molecular flexibility index (Phi) is 7.44. The van der Waals surface area contributed by atoms with Gasteiger partial charge in [-0.3, -0.25) is 19.2 Å². The number of amides is 2. The molecule has 0 radical (unpaired) electrons. The van der Waals surface area contributed by atoms with Gasteiger partial charge in [-0.05, 0) is 31.5 Å². The Morgan fingerprint density at radius 1 is 1.09 bits per heavy atom. The molecule has 0 fully saturated rings. The molecule has 9 nitrogen and oxygen atoms in total. The second kappa shape index (κ2) is 10.3. The van der Waals surface area contributed by atoms with Crippen LogP contribution in [-0.4, -0.2) is 33.7 Å². The van der Waals surface area contributed by atoms with E-state index in [4.69, 9.17) is 22.1 Å². The van der Waals surface area contributed by atoms with Crippen LogP contribution in [0.15, 0.2) is 53.3 Å². The number of ether oxygens (including phenoxy) is 1. The molecule has 0 aliphatic rings. The van der Waals surface area contributed by atoms with Gasteiger partial charge < -0.3 is 15.8 Å². The third-order valence-electron chi connectivity index (χ3n) is 4.75. The fourth-order valence-corrected chi connectivity index (χ4v) is 3.64. The highest BCUT2D eigenvalue weighted by Crippen LogP contribution is 2.25. The summed E-state index contributed by atoms with van der Waals surface area (Å²) in [5.41, 5.74) is 5.25. The number of hydrogen-bond donors (Lipinski definition) is 2. The molecule has 1 aromatic heterocycles. The van der Waals surface area contributed by atoms with Crippen LogP contribution in [0.1, 0.15) is 42.4 Å². The third kappa shape index (κ3) is 5.75. The number of benzene rings is 2. The lowest BCUT2D eigenvalue weighted by atomic mass is 10.0. The third-order valence-corrected chi connectivity index (χ3v) is 5.09. The van der Waals surface area contributed by atoms with Crippen LogP contribution in [0.3, 0.4) is 0 Å². The van der Waals surface area contributed by atoms with Gasteiger partial charge in [0, 0.05) is 10.4 Å². The number of hydrogen-bond acceptors (Lipinski definition) is 6. The van der Waals surface area contributed by atoms with Crippen molar-refractivity contribution in [2.75, 3.05) is 0 Å². The summed E-state index contributed by atoms with van der Waals surface area (Å²) in [4.78, 5) is 49.8. The van der Waals surface area contributed by atoms with Gasteiger partial charge in [-0.2, -0.15) is 5.10 Å². The molecule has 0 unspecified atom stereocenters. The Labute approximate surface area is 194 Å². The largest absolute Gasteiger partial charge is 0.463 e. The minimum Gasteiger partial charge on any atom is -0.463 e. The average Bonchev–Trinajstić information content (AvgIpc) is 2.75. The Bertz CT molecular complexity index is 1270. The van der Waals surface area contributed by atoms with E-state index in [9.17, 15) is 19.2 Å². The van der Waals surface area contributed by atoms with Gasteiger partial charge >= 0.3 is 5.97 Å². The summed E-state index contributed by atoms with van der Waals surface area (Å²) < 4.78 is 6.07. The Morgan fingerprint density at radius 3 is 2.36 bits per heavy atom. The van der Waals surface area contributed by atoms with Crippen molar-refractivity contribution >= 4 is 40.2 Å². The number of nitrogens with one attached hydrogen (secondary N) is 1. The first-order valence-electron chi connectivity index (χ1n) is 10.2. The van der Waals surface area contributed by atoms with E-state index in [1.54, 1.807) is 56.3 Å². The molecule has 2 aromatic carbocycles. The zero-order valence-electron chi connectivity index (χ0n) is 18.1. The van der Waals surface area contributed by atoms with Crippen molar-refractivity contribution in [3.8, 4) is 0 Å². The molecule has 0 saturated heterocycles. The molecule has 0 saturated carbocycles. The Balaban J connectivity index is 1.90. The Morgan fingerprint density at radius 2 is 1.73 bits per heavy atom. The van der Waals surface area contributed by atoms with Gasteiger partial charge in [0.05, 0.1) is 24.0 Å². The summed E-state index contributed by atoms with van der Waals surface area (Å²) in [7, 11) is 0. The molecule has 10 heteroatoms. The quantitative estimate of drug-likeness (QED) is 0.485. The zero-order valence-corrected chi connectivity index (χ0v) is 18.8. The smallest absolute Gasteiger partial charge is 0.308 e. The molecule has 0 aliphatic carbocycles. The van der Waals surface area contributed by atoms with Crippen molar-refractivity contribution in [1.82, 2.24) is 15.1 Å². The normalized spacial score (nSPS) is 11.9. The SMILES string of the molecule is CC(C)OC(=O)C[C@H](NC(=O)Cn1nc(C(N)=O)c2ccccc2c1=O)c1ccccc1Cl. The number of primary amides is 1. The van der Waals surface area contributed by atoms with E-state index in [0.29, 0.717) is 16.0 Å². The standard InChI is InChI=1S/C23H23ClN4O5/c1-13(2)33-20(30)11-18(16-9-5-6-10-17(16)24)26-19(29)12-28-23(32)15-8-4-3-7-14(15)21(27-28)22(25)31/h3-10,13,18H,11-12H2,1-2H3,(H2,25,31)(H,26,29)/t18-/m0/s1. The summed E-state index contributed by atoms with van der Waals surface area (Å²) >= 11 is 6.28. The van der Waals surface area contributed by atoms with E-state index in [1.807, 2.05) is 0 Å². The van der Waals surface area contributed by atoms with Crippen LogP contribution >= 0.6 is 11.6 Å². The summed E-state index contributed by atoms with van der Waals surface area (Å²) in [5.74, 6) is -1.96. The number of esters is 1. The lowest BCUT2D eigenvalue weighted by Crippen LogP contribution is -2.37. The number of halogens is 1. The molecular weight excluding hydrogens is 448 g/mol. The van der Waals surface area contributed by atoms with Crippen LogP contribution in [0.2, 0.25) is 5.02 Å². The Hall–Kier alpha value is -3.72. The molecule has 3 N–H and O–H groups in total. The van der Waals surface area contributed by atoms with Crippen LogP contribution in [0, 0.1) is 0 Å². The molecule has 0 bridgehead atoms. The number of nitrogens with zero attached hydrogens (tertiary/aromatic N) is 2. The van der Waals surface area contributed by atoms with Gasteiger partial charge in [-0.1, -0.05) is 48.0 Å². The van der Waals surface area contributed by atoms with E-state index in [1.165, 1.54) is 6.07 Å². The van der Waals surface area contributed by atoms with Gasteiger partial charge in [0.2, 0.25) is 5.91 Å². The van der Waals surface area contributed by atoms with Crippen molar-refractivity contribution < 1.29 is 19.1 Å². The van der Waals surface area contributed by atoms with E-state index < -0.39 is 35.9 Å². The van der Waals surface area contributed by atoms with Crippen molar-refractivity contribution in [3.05, 3.63) is 75.2 Å². The summed E-state index contributed by atoms with van der Waals surface area (Å²) in [6.45, 7) is 2.94. The topological polar surface area (TPSA) is 133 Å². The van der Waals surface area contributed by atoms with Crippen molar-refractivity contribution in [1.29, 1.82) is 0 Å². The van der Waals surface area contributed by atoms with Gasteiger partial charge in [-0.15, -0.1) is 0 Å². The van der Waals surface area contributed by atoms with Crippen molar-refractivity contribution in [3.63, 3.8) is 0 Å². The highest BCUT2D eigenvalue weighted by atomic mass is 35.5. The molecular formula is C23H23ClN4O5. The molecule has 172 valence electrons. The van der Waals surface area contributed by atoms with Crippen LogP contribution in [0.25, 0.3) is 10.8 Å². The highest BCUT2D eigenvalue weighted by molar-refractivity contribution is 6.31. The number of carbonyl (C=O) groups excluding carboxylic acids is 3. The van der Waals surface area contributed by atoms with Gasteiger partial charge in [0.1, 0.15) is 6.54 Å². The van der Waals surface area contributed by atoms with Gasteiger partial charge in [0.25, 0.3) is 11.5 Å². The van der Waals surface area contributed by atoms with Gasteiger partial charge in [0.15, 0.2) is 5.69 Å². The van der Waals surface area contributed by atoms with Crippen LogP contribution in [-0.2, 0) is 20.9 Å². The molecule has 33 heavy (non-hydrogen) atoms. The lowest BCUT2D eigenvalue weighted by Gasteiger charge is -2.20. The van der Waals surface area contributed by atoms with Crippen molar-refractivity contribution in [2.45, 2.75) is 39.0 Å². The first kappa shape index (κ1) is 23.9. The predicted molar refractivity (Wildman–Crippen MR) is 123 cm³/mol. The zero-order chi connectivity index (χ0) is 24.1. The van der Waals surface area contributed by atoms with E-state index in [0.717, 1.165) is 4.68 Å². The van der Waals surface area contributed by atoms with Gasteiger partial charge in [-0.25, -0.2) is 4.68 Å². The molecule has 1 atom stereocenters. The number of nitrogens with two attached hydrogens (primary N) is 1. The fourth-order valence-electron chi connectivity index (χ4n) is 3.37. The number of carbonyl (C=O) groups is 3. The maximum atomic E-state index is 12.9. The average molecular weight is 471 g/mol. The first-order chi connectivity index (χ1) is 15.7. The molecule has 3 aromatic rings. The van der Waals surface area contributed by atoms with E-state index in [-0.39, 0.29) is 23.6 Å². The monoisotopic (exact) mass is 470 g/mol. The highest BCUT2D eigenvalue weighted by Gasteiger charge is 2.23. The number of aromatic nitrogens is 2. The summed E-state index contributed by atoms with van der Waals surface area (Å²) in [6, 6.07) is 12.3. The molecule has 2 amide bonds. The summed E-state index contributed by atoms with van der Waals surface area (Å²) in [6.07, 6.45) is -0.493. The minimum atomic E-state index is -0.828. The van der Waals surface area contributed by atoms with Crippen LogP contribution in [0.4, 0.5) is 0 Å². The second-order valence-electron chi connectivity index (χ2n) is 7.61. The van der Waals surface area contributed by atoms with E-state index in [2.05, 4.69) is 10.4 Å². The summed E-state index contributed by atoms with van der Waals surface area (Å²) in [5, 5.41) is 7.57. The molecule has 1 heterocycles.